The molecular weight excluding hydrogens is 438 g/mol. The van der Waals surface area contributed by atoms with Gasteiger partial charge in [-0.1, -0.05) is 49.6 Å². The van der Waals surface area contributed by atoms with Crippen molar-refractivity contribution >= 4 is 17.2 Å². The van der Waals surface area contributed by atoms with Gasteiger partial charge in [0.05, 0.1) is 29.2 Å². The molecule has 0 unspecified atom stereocenters. The maximum absolute atomic E-state index is 14.5. The lowest BCUT2D eigenvalue weighted by Gasteiger charge is -2.47. The number of nitrogens with zero attached hydrogens (tertiary/aromatic N) is 2. The third kappa shape index (κ3) is 3.93. The molecule has 1 saturated carbocycles. The zero-order valence-electron chi connectivity index (χ0n) is 20.7. The van der Waals surface area contributed by atoms with Crippen LogP contribution in [0.2, 0.25) is 0 Å². The summed E-state index contributed by atoms with van der Waals surface area (Å²) in [4.78, 5) is 23.2. The molecule has 5 heteroatoms. The van der Waals surface area contributed by atoms with Gasteiger partial charge in [0.25, 0.3) is 0 Å². The summed E-state index contributed by atoms with van der Waals surface area (Å²) in [6.45, 7) is 5.08. The lowest BCUT2D eigenvalue weighted by atomic mass is 9.68. The Kier molecular flexibility index (Phi) is 6.27. The zero-order chi connectivity index (χ0) is 23.1. The number of piperidine rings is 1. The molecule has 2 aliphatic heterocycles. The van der Waals surface area contributed by atoms with E-state index in [-0.39, 0.29) is 11.3 Å². The number of nitrogens with two attached hydrogens (primary N) is 1. The number of benzene rings is 1. The number of carbonyl (C=O) groups is 1. The van der Waals surface area contributed by atoms with Crippen LogP contribution in [0.1, 0.15) is 84.8 Å². The van der Waals surface area contributed by atoms with Crippen LogP contribution < -0.4 is 5.32 Å². The van der Waals surface area contributed by atoms with Crippen molar-refractivity contribution in [3.8, 4) is 0 Å². The molecular formula is C29H40N3OS+. The second kappa shape index (κ2) is 9.39. The summed E-state index contributed by atoms with van der Waals surface area (Å²) in [5.41, 5.74) is 2.79. The fraction of sp³-hybridized carbons (Fsp3) is 0.655. The van der Waals surface area contributed by atoms with Crippen LogP contribution >= 0.6 is 11.3 Å². The second-order valence-electron chi connectivity index (χ2n) is 11.4. The molecule has 1 amide bonds. The van der Waals surface area contributed by atoms with E-state index in [1.807, 2.05) is 11.3 Å². The molecule has 4 aliphatic rings. The van der Waals surface area contributed by atoms with Crippen LogP contribution in [0, 0.1) is 18.8 Å². The average molecular weight is 479 g/mol. The molecule has 2 aromatic rings. The Morgan fingerprint density at radius 3 is 2.76 bits per heavy atom. The van der Waals surface area contributed by atoms with Crippen molar-refractivity contribution in [1.82, 2.24) is 9.88 Å². The van der Waals surface area contributed by atoms with Gasteiger partial charge >= 0.3 is 0 Å². The molecule has 2 saturated heterocycles. The summed E-state index contributed by atoms with van der Waals surface area (Å²) in [5, 5.41) is 3.60. The molecule has 182 valence electrons. The molecule has 1 aromatic heterocycles. The monoisotopic (exact) mass is 478 g/mol. The SMILES string of the molecule is Cc1nc2c(s1)[C@]1(CCC2)C[NH2+]C[C@H]1C(=O)N1CC[C@@H](c2ccccc2)C[C@H]1C1CCCCC1. The number of aryl methyl sites for hydroxylation is 2. The summed E-state index contributed by atoms with van der Waals surface area (Å²) >= 11 is 1.88. The Morgan fingerprint density at radius 1 is 1.12 bits per heavy atom. The van der Waals surface area contributed by atoms with Crippen LogP contribution in [-0.2, 0) is 16.6 Å². The summed E-state index contributed by atoms with van der Waals surface area (Å²) in [7, 11) is 0. The van der Waals surface area contributed by atoms with Gasteiger partial charge in [0.1, 0.15) is 5.92 Å². The molecule has 0 bridgehead atoms. The summed E-state index contributed by atoms with van der Waals surface area (Å²) < 4.78 is 0. The molecule has 2 aliphatic carbocycles. The number of quaternary nitrogens is 1. The maximum atomic E-state index is 14.5. The fourth-order valence-electron chi connectivity index (χ4n) is 7.92. The highest BCUT2D eigenvalue weighted by atomic mass is 32.1. The lowest BCUT2D eigenvalue weighted by molar-refractivity contribution is -0.640. The van der Waals surface area contributed by atoms with Crippen LogP contribution in [0.3, 0.4) is 0 Å². The van der Waals surface area contributed by atoms with Crippen molar-refractivity contribution in [1.29, 1.82) is 0 Å². The first kappa shape index (κ1) is 22.7. The van der Waals surface area contributed by atoms with Gasteiger partial charge in [0.15, 0.2) is 0 Å². The number of thiazole rings is 1. The molecule has 34 heavy (non-hydrogen) atoms. The molecule has 6 rings (SSSR count). The van der Waals surface area contributed by atoms with Crippen LogP contribution in [0.15, 0.2) is 30.3 Å². The van der Waals surface area contributed by atoms with Gasteiger partial charge in [-0.15, -0.1) is 11.3 Å². The first-order valence-electron chi connectivity index (χ1n) is 13.8. The molecule has 1 aromatic carbocycles. The van der Waals surface area contributed by atoms with Crippen LogP contribution in [0.4, 0.5) is 0 Å². The predicted molar refractivity (Wildman–Crippen MR) is 137 cm³/mol. The third-order valence-electron chi connectivity index (χ3n) is 9.56. The van der Waals surface area contributed by atoms with Gasteiger partial charge in [0.2, 0.25) is 5.91 Å². The van der Waals surface area contributed by atoms with Crippen molar-refractivity contribution in [3.05, 3.63) is 51.5 Å². The molecule has 4 atom stereocenters. The minimum absolute atomic E-state index is 0.0178. The second-order valence-corrected chi connectivity index (χ2v) is 12.6. The van der Waals surface area contributed by atoms with Crippen molar-refractivity contribution < 1.29 is 10.1 Å². The van der Waals surface area contributed by atoms with Crippen LogP contribution in [0.25, 0.3) is 0 Å². The number of hydrogen-bond acceptors (Lipinski definition) is 3. The van der Waals surface area contributed by atoms with Crippen molar-refractivity contribution in [2.75, 3.05) is 19.6 Å². The molecule has 1 spiro atoms. The Hall–Kier alpha value is -1.72. The van der Waals surface area contributed by atoms with Gasteiger partial charge in [-0.2, -0.15) is 0 Å². The third-order valence-corrected chi connectivity index (χ3v) is 10.8. The van der Waals surface area contributed by atoms with Crippen molar-refractivity contribution in [2.45, 2.75) is 88.5 Å². The largest absolute Gasteiger partial charge is 0.345 e. The Bertz CT molecular complexity index is 1010. The lowest BCUT2D eigenvalue weighted by Crippen LogP contribution is -2.82. The highest BCUT2D eigenvalue weighted by Crippen LogP contribution is 2.48. The quantitative estimate of drug-likeness (QED) is 0.702. The topological polar surface area (TPSA) is 49.8 Å². The van der Waals surface area contributed by atoms with Gasteiger partial charge in [-0.3, -0.25) is 4.79 Å². The first-order chi connectivity index (χ1) is 16.7. The highest BCUT2D eigenvalue weighted by Gasteiger charge is 2.56. The van der Waals surface area contributed by atoms with E-state index in [1.165, 1.54) is 59.7 Å². The number of aromatic nitrogens is 1. The van der Waals surface area contributed by atoms with Gasteiger partial charge in [-0.25, -0.2) is 4.98 Å². The van der Waals surface area contributed by atoms with E-state index >= 15 is 0 Å². The Labute approximate surface area is 208 Å². The standard InChI is InChI=1S/C29H39N3OS/c1-20-31-25-13-8-15-29(27(25)34-20)19-30-18-24(29)28(33)32-16-14-23(21-9-4-2-5-10-21)17-26(32)22-11-6-3-7-12-22/h2,4-5,9-10,22-24,26,30H,3,6-8,11-19H2,1H3/p+1/t23-,24+,26+,29-/m1/s1. The molecule has 2 N–H and O–H groups in total. The van der Waals surface area contributed by atoms with E-state index < -0.39 is 0 Å². The minimum atomic E-state index is 0.0178. The van der Waals surface area contributed by atoms with Crippen LogP contribution in [-0.4, -0.2) is 41.5 Å². The minimum Gasteiger partial charge on any atom is -0.345 e. The highest BCUT2D eigenvalue weighted by molar-refractivity contribution is 7.11. The van der Waals surface area contributed by atoms with E-state index in [0.717, 1.165) is 45.3 Å². The number of rotatable bonds is 3. The van der Waals surface area contributed by atoms with Crippen molar-refractivity contribution in [3.63, 3.8) is 0 Å². The van der Waals surface area contributed by atoms with E-state index in [4.69, 9.17) is 4.98 Å². The summed E-state index contributed by atoms with van der Waals surface area (Å²) in [6.07, 6.45) is 12.3. The average Bonchev–Trinajstić information content (AvgIpc) is 3.48. The van der Waals surface area contributed by atoms with Gasteiger partial charge in [0, 0.05) is 17.5 Å². The molecule has 4 nitrogen and oxygen atoms in total. The predicted octanol–water partition coefficient (Wildman–Crippen LogP) is 4.57. The van der Waals surface area contributed by atoms with Gasteiger partial charge < -0.3 is 10.2 Å². The van der Waals surface area contributed by atoms with E-state index in [1.54, 1.807) is 0 Å². The number of hydrogen-bond donors (Lipinski definition) is 1. The fourth-order valence-corrected chi connectivity index (χ4v) is 9.17. The zero-order valence-corrected chi connectivity index (χ0v) is 21.5. The number of likely N-dealkylation sites (tertiary alicyclic amines) is 1. The van der Waals surface area contributed by atoms with E-state index in [0.29, 0.717) is 23.8 Å². The smallest absolute Gasteiger partial charge is 0.232 e. The normalized spacial score (nSPS) is 32.1. The van der Waals surface area contributed by atoms with E-state index in [2.05, 4.69) is 47.5 Å². The summed E-state index contributed by atoms with van der Waals surface area (Å²) in [5.74, 6) is 1.85. The molecule has 0 radical (unpaired) electrons. The van der Waals surface area contributed by atoms with Gasteiger partial charge in [-0.05, 0) is 69.3 Å². The maximum Gasteiger partial charge on any atom is 0.232 e. The number of fused-ring (bicyclic) bond motifs is 2. The Balaban J connectivity index is 1.30. The first-order valence-corrected chi connectivity index (χ1v) is 14.6. The van der Waals surface area contributed by atoms with Crippen molar-refractivity contribution in [2.24, 2.45) is 11.8 Å². The van der Waals surface area contributed by atoms with E-state index in [9.17, 15) is 4.79 Å². The Morgan fingerprint density at radius 2 is 1.94 bits per heavy atom. The molecule has 3 fully saturated rings. The van der Waals surface area contributed by atoms with Crippen LogP contribution in [0.5, 0.6) is 0 Å². The number of amides is 1. The summed E-state index contributed by atoms with van der Waals surface area (Å²) in [6, 6.07) is 11.5. The molecule has 3 heterocycles. The number of carbonyl (C=O) groups excluding carboxylic acids is 1.